The second-order valence-electron chi connectivity index (χ2n) is 4.92. The molecule has 1 aliphatic heterocycles. The number of nitrogens with zero attached hydrogens (tertiary/aromatic N) is 3. The predicted octanol–water partition coefficient (Wildman–Crippen LogP) is 2.53. The lowest BCUT2D eigenvalue weighted by Crippen LogP contribution is -2.42. The SMILES string of the molecule is Cc1nc(N2CCC(N(C)C)CC2)ccc1I. The predicted molar refractivity (Wildman–Crippen MR) is 80.6 cm³/mol. The highest BCUT2D eigenvalue weighted by Gasteiger charge is 2.21. The quantitative estimate of drug-likeness (QED) is 0.768. The minimum absolute atomic E-state index is 0.733. The second kappa shape index (κ2) is 5.52. The van der Waals surface area contributed by atoms with Gasteiger partial charge in [-0.15, -0.1) is 0 Å². The molecular weight excluding hydrogens is 325 g/mol. The Labute approximate surface area is 117 Å². The molecule has 1 fully saturated rings. The molecule has 94 valence electrons. The molecule has 4 heteroatoms. The second-order valence-corrected chi connectivity index (χ2v) is 6.08. The Morgan fingerprint density at radius 1 is 1.29 bits per heavy atom. The van der Waals surface area contributed by atoms with Gasteiger partial charge in [0.1, 0.15) is 5.82 Å². The first-order valence-corrected chi connectivity index (χ1v) is 7.20. The average Bonchev–Trinajstić information content (AvgIpc) is 2.33. The number of anilines is 1. The molecular formula is C13H20IN3. The van der Waals surface area contributed by atoms with Gasteiger partial charge in [-0.05, 0) is 68.6 Å². The van der Waals surface area contributed by atoms with Crippen LogP contribution in [0.5, 0.6) is 0 Å². The summed E-state index contributed by atoms with van der Waals surface area (Å²) in [4.78, 5) is 9.41. The van der Waals surface area contributed by atoms with E-state index in [9.17, 15) is 0 Å². The van der Waals surface area contributed by atoms with E-state index in [4.69, 9.17) is 0 Å². The Balaban J connectivity index is 2.03. The summed E-state index contributed by atoms with van der Waals surface area (Å²) in [6.45, 7) is 4.32. The number of aryl methyl sites for hydroxylation is 1. The summed E-state index contributed by atoms with van der Waals surface area (Å²) in [6.07, 6.45) is 2.47. The third-order valence-corrected chi connectivity index (χ3v) is 4.67. The third kappa shape index (κ3) is 3.10. The third-order valence-electron chi connectivity index (χ3n) is 3.53. The van der Waals surface area contributed by atoms with Crippen molar-refractivity contribution in [2.24, 2.45) is 0 Å². The fraction of sp³-hybridized carbons (Fsp3) is 0.615. The minimum Gasteiger partial charge on any atom is -0.356 e. The smallest absolute Gasteiger partial charge is 0.128 e. The highest BCUT2D eigenvalue weighted by Crippen LogP contribution is 2.21. The largest absolute Gasteiger partial charge is 0.356 e. The Hall–Kier alpha value is -0.360. The van der Waals surface area contributed by atoms with Crippen LogP contribution in [0.4, 0.5) is 5.82 Å². The van der Waals surface area contributed by atoms with Crippen LogP contribution < -0.4 is 4.90 Å². The summed E-state index contributed by atoms with van der Waals surface area (Å²) in [5.41, 5.74) is 1.14. The van der Waals surface area contributed by atoms with Crippen molar-refractivity contribution in [3.63, 3.8) is 0 Å². The standard InChI is InChI=1S/C13H20IN3/c1-10-12(14)4-5-13(15-10)17-8-6-11(7-9-17)16(2)3/h4-5,11H,6-9H2,1-3H3. The molecule has 1 aromatic rings. The van der Waals surface area contributed by atoms with E-state index >= 15 is 0 Å². The molecule has 0 unspecified atom stereocenters. The van der Waals surface area contributed by atoms with Crippen molar-refractivity contribution in [1.82, 2.24) is 9.88 Å². The Bertz CT molecular complexity index is 384. The maximum Gasteiger partial charge on any atom is 0.128 e. The fourth-order valence-corrected chi connectivity index (χ4v) is 2.62. The molecule has 2 rings (SSSR count). The Morgan fingerprint density at radius 3 is 2.47 bits per heavy atom. The van der Waals surface area contributed by atoms with Crippen molar-refractivity contribution in [3.8, 4) is 0 Å². The van der Waals surface area contributed by atoms with Gasteiger partial charge >= 0.3 is 0 Å². The molecule has 0 amide bonds. The molecule has 2 heterocycles. The van der Waals surface area contributed by atoms with Gasteiger partial charge in [-0.2, -0.15) is 0 Å². The summed E-state index contributed by atoms with van der Waals surface area (Å²) in [7, 11) is 4.35. The van der Waals surface area contributed by atoms with Gasteiger partial charge in [0.25, 0.3) is 0 Å². The van der Waals surface area contributed by atoms with E-state index in [1.165, 1.54) is 16.4 Å². The van der Waals surface area contributed by atoms with Gasteiger partial charge in [0.2, 0.25) is 0 Å². The number of halogens is 1. The van der Waals surface area contributed by atoms with Crippen LogP contribution in [0.3, 0.4) is 0 Å². The lowest BCUT2D eigenvalue weighted by atomic mass is 10.0. The molecule has 0 saturated carbocycles. The number of hydrogen-bond acceptors (Lipinski definition) is 3. The first kappa shape index (κ1) is 13.1. The topological polar surface area (TPSA) is 19.4 Å². The lowest BCUT2D eigenvalue weighted by molar-refractivity contribution is 0.249. The van der Waals surface area contributed by atoms with E-state index in [0.29, 0.717) is 0 Å². The van der Waals surface area contributed by atoms with E-state index in [2.05, 4.69) is 70.5 Å². The van der Waals surface area contributed by atoms with Crippen LogP contribution >= 0.6 is 22.6 Å². The van der Waals surface area contributed by atoms with E-state index < -0.39 is 0 Å². The molecule has 3 nitrogen and oxygen atoms in total. The van der Waals surface area contributed by atoms with Gasteiger partial charge in [-0.1, -0.05) is 0 Å². The van der Waals surface area contributed by atoms with Gasteiger partial charge in [0.15, 0.2) is 0 Å². The zero-order valence-electron chi connectivity index (χ0n) is 10.8. The number of aromatic nitrogens is 1. The highest BCUT2D eigenvalue weighted by molar-refractivity contribution is 14.1. The van der Waals surface area contributed by atoms with Crippen molar-refractivity contribution < 1.29 is 0 Å². The van der Waals surface area contributed by atoms with Crippen LogP contribution in [0.1, 0.15) is 18.5 Å². The molecule has 0 spiro atoms. The number of rotatable bonds is 2. The molecule has 0 N–H and O–H groups in total. The van der Waals surface area contributed by atoms with Crippen molar-refractivity contribution in [2.75, 3.05) is 32.1 Å². The summed E-state index contributed by atoms with van der Waals surface area (Å²) in [6, 6.07) is 5.04. The molecule has 17 heavy (non-hydrogen) atoms. The normalized spacial score (nSPS) is 17.8. The van der Waals surface area contributed by atoms with Crippen LogP contribution in [-0.2, 0) is 0 Å². The maximum absolute atomic E-state index is 4.67. The van der Waals surface area contributed by atoms with Crippen molar-refractivity contribution >= 4 is 28.4 Å². The van der Waals surface area contributed by atoms with Crippen molar-refractivity contribution in [1.29, 1.82) is 0 Å². The zero-order valence-corrected chi connectivity index (χ0v) is 12.9. The molecule has 0 bridgehead atoms. The van der Waals surface area contributed by atoms with Crippen LogP contribution in [-0.4, -0.2) is 43.1 Å². The first-order chi connectivity index (χ1) is 8.08. The maximum atomic E-state index is 4.67. The van der Waals surface area contributed by atoms with Crippen molar-refractivity contribution in [3.05, 3.63) is 21.4 Å². The highest BCUT2D eigenvalue weighted by atomic mass is 127. The summed E-state index contributed by atoms with van der Waals surface area (Å²) < 4.78 is 1.24. The summed E-state index contributed by atoms with van der Waals surface area (Å²) in [5, 5.41) is 0. The van der Waals surface area contributed by atoms with Gasteiger partial charge < -0.3 is 9.80 Å². The van der Waals surface area contributed by atoms with Crippen LogP contribution in [0.15, 0.2) is 12.1 Å². The Kier molecular flexibility index (Phi) is 4.25. The number of hydrogen-bond donors (Lipinski definition) is 0. The molecule has 0 atom stereocenters. The van der Waals surface area contributed by atoms with Gasteiger partial charge in [0, 0.05) is 22.7 Å². The molecule has 0 radical (unpaired) electrons. The minimum atomic E-state index is 0.733. The van der Waals surface area contributed by atoms with Crippen LogP contribution in [0, 0.1) is 10.5 Å². The van der Waals surface area contributed by atoms with Crippen LogP contribution in [0.2, 0.25) is 0 Å². The molecule has 1 aliphatic rings. The zero-order chi connectivity index (χ0) is 12.4. The van der Waals surface area contributed by atoms with Crippen molar-refractivity contribution in [2.45, 2.75) is 25.8 Å². The summed E-state index contributed by atoms with van der Waals surface area (Å²) in [5.74, 6) is 1.14. The molecule has 1 aromatic heterocycles. The van der Waals surface area contributed by atoms with E-state index in [1.807, 2.05) is 0 Å². The monoisotopic (exact) mass is 345 g/mol. The molecule has 1 saturated heterocycles. The van der Waals surface area contributed by atoms with E-state index in [-0.39, 0.29) is 0 Å². The number of pyridine rings is 1. The van der Waals surface area contributed by atoms with Gasteiger partial charge in [-0.25, -0.2) is 4.98 Å². The van der Waals surface area contributed by atoms with E-state index in [1.54, 1.807) is 0 Å². The first-order valence-electron chi connectivity index (χ1n) is 6.12. The molecule has 0 aromatic carbocycles. The van der Waals surface area contributed by atoms with E-state index in [0.717, 1.165) is 30.6 Å². The Morgan fingerprint density at radius 2 is 1.94 bits per heavy atom. The lowest BCUT2D eigenvalue weighted by Gasteiger charge is -2.36. The van der Waals surface area contributed by atoms with Crippen LogP contribution in [0.25, 0.3) is 0 Å². The molecule has 0 aliphatic carbocycles. The fourth-order valence-electron chi connectivity index (χ4n) is 2.32. The summed E-state index contributed by atoms with van der Waals surface area (Å²) >= 11 is 2.34. The average molecular weight is 345 g/mol. The van der Waals surface area contributed by atoms with Gasteiger partial charge in [-0.3, -0.25) is 0 Å². The number of piperidine rings is 1. The van der Waals surface area contributed by atoms with Gasteiger partial charge in [0.05, 0.1) is 5.69 Å².